The zero-order valence-electron chi connectivity index (χ0n) is 16.6. The predicted octanol–water partition coefficient (Wildman–Crippen LogP) is 3.16. The van der Waals surface area contributed by atoms with E-state index in [2.05, 4.69) is 15.3 Å². The van der Waals surface area contributed by atoms with E-state index in [1.807, 2.05) is 4.90 Å². The number of aromatic nitrogens is 2. The van der Waals surface area contributed by atoms with E-state index < -0.39 is 15.9 Å². The highest BCUT2D eigenvalue weighted by molar-refractivity contribution is 7.89. The molecule has 0 aliphatic carbocycles. The molecule has 0 saturated carbocycles. The summed E-state index contributed by atoms with van der Waals surface area (Å²) in [4.78, 5) is 23.5. The van der Waals surface area contributed by atoms with Crippen LogP contribution in [0.25, 0.3) is 0 Å². The van der Waals surface area contributed by atoms with Crippen molar-refractivity contribution in [3.05, 3.63) is 41.2 Å². The first-order valence-corrected chi connectivity index (χ1v) is 12.0. The lowest BCUT2D eigenvalue weighted by molar-refractivity contribution is 0.102. The molecule has 10 heteroatoms. The van der Waals surface area contributed by atoms with Crippen molar-refractivity contribution in [2.24, 2.45) is 0 Å². The van der Waals surface area contributed by atoms with Crippen LogP contribution in [0.4, 0.5) is 11.6 Å². The summed E-state index contributed by atoms with van der Waals surface area (Å²) in [5, 5.41) is 2.90. The number of rotatable bonds is 5. The van der Waals surface area contributed by atoms with E-state index in [0.717, 1.165) is 45.2 Å². The van der Waals surface area contributed by atoms with Crippen LogP contribution in [-0.4, -0.2) is 54.8 Å². The minimum atomic E-state index is -3.51. The van der Waals surface area contributed by atoms with Gasteiger partial charge in [-0.3, -0.25) is 4.79 Å². The molecule has 2 aliphatic heterocycles. The van der Waals surface area contributed by atoms with Gasteiger partial charge < -0.3 is 10.2 Å². The summed E-state index contributed by atoms with van der Waals surface area (Å²) < 4.78 is 27.0. The number of carbonyl (C=O) groups is 1. The molecule has 0 spiro atoms. The highest BCUT2D eigenvalue weighted by Gasteiger charge is 2.26. The normalized spacial score (nSPS) is 17.8. The lowest BCUT2D eigenvalue weighted by Gasteiger charge is -2.25. The first kappa shape index (κ1) is 21.0. The van der Waals surface area contributed by atoms with Gasteiger partial charge in [0.15, 0.2) is 5.69 Å². The summed E-state index contributed by atoms with van der Waals surface area (Å²) in [6.45, 7) is 2.81. The molecule has 1 aromatic carbocycles. The van der Waals surface area contributed by atoms with E-state index >= 15 is 0 Å². The fourth-order valence-electron chi connectivity index (χ4n) is 3.74. The van der Waals surface area contributed by atoms with Crippen molar-refractivity contribution < 1.29 is 13.2 Å². The number of carbonyl (C=O) groups excluding carboxylic acids is 1. The molecule has 0 bridgehead atoms. The number of amides is 1. The summed E-state index contributed by atoms with van der Waals surface area (Å²) in [7, 11) is -3.51. The molecule has 8 nitrogen and oxygen atoms in total. The van der Waals surface area contributed by atoms with Crippen molar-refractivity contribution in [3.8, 4) is 0 Å². The zero-order valence-corrected chi connectivity index (χ0v) is 18.1. The average Bonchev–Trinajstić information content (AvgIpc) is 3.30. The van der Waals surface area contributed by atoms with Crippen LogP contribution < -0.4 is 10.2 Å². The number of sulfonamides is 1. The van der Waals surface area contributed by atoms with Crippen molar-refractivity contribution in [1.29, 1.82) is 0 Å². The Morgan fingerprint density at radius 1 is 0.967 bits per heavy atom. The molecule has 1 aromatic heterocycles. The molecule has 1 N–H and O–H groups in total. The van der Waals surface area contributed by atoms with Gasteiger partial charge in [0.2, 0.25) is 16.0 Å². The molecule has 2 saturated heterocycles. The minimum absolute atomic E-state index is 0.0959. The number of piperidine rings is 1. The van der Waals surface area contributed by atoms with Gasteiger partial charge in [0.05, 0.1) is 16.1 Å². The summed E-state index contributed by atoms with van der Waals surface area (Å²) in [5.41, 5.74) is 0.563. The zero-order chi connectivity index (χ0) is 21.1. The van der Waals surface area contributed by atoms with E-state index in [-0.39, 0.29) is 15.6 Å². The van der Waals surface area contributed by atoms with Crippen LogP contribution in [0.1, 0.15) is 42.6 Å². The summed E-state index contributed by atoms with van der Waals surface area (Å²) in [6.07, 6.45) is 6.40. The number of hydrogen-bond donors (Lipinski definition) is 1. The Morgan fingerprint density at radius 2 is 1.60 bits per heavy atom. The fraction of sp³-hybridized carbons (Fsp3) is 0.450. The molecule has 1 amide bonds. The number of nitrogens with one attached hydrogen (secondary N) is 1. The maximum Gasteiger partial charge on any atom is 0.276 e. The number of nitrogens with zero attached hydrogens (tertiary/aromatic N) is 4. The molecule has 2 aliphatic rings. The van der Waals surface area contributed by atoms with Crippen molar-refractivity contribution >= 4 is 39.2 Å². The van der Waals surface area contributed by atoms with Crippen molar-refractivity contribution in [1.82, 2.24) is 14.3 Å². The van der Waals surface area contributed by atoms with Gasteiger partial charge in [-0.05, 0) is 49.9 Å². The third kappa shape index (κ3) is 4.43. The average molecular weight is 450 g/mol. The Labute approximate surface area is 181 Å². The van der Waals surface area contributed by atoms with E-state index in [1.165, 1.54) is 22.6 Å². The van der Waals surface area contributed by atoms with Gasteiger partial charge in [0.1, 0.15) is 0 Å². The van der Waals surface area contributed by atoms with Crippen molar-refractivity contribution in [2.75, 3.05) is 36.4 Å². The number of hydrogen-bond acceptors (Lipinski definition) is 6. The third-order valence-electron chi connectivity index (χ3n) is 5.40. The predicted molar refractivity (Wildman–Crippen MR) is 115 cm³/mol. The summed E-state index contributed by atoms with van der Waals surface area (Å²) in [6, 6.07) is 6.17. The van der Waals surface area contributed by atoms with E-state index in [1.54, 1.807) is 12.1 Å². The highest BCUT2D eigenvalue weighted by atomic mass is 35.5. The fourth-order valence-corrected chi connectivity index (χ4v) is 5.44. The second-order valence-corrected chi connectivity index (χ2v) is 9.85. The van der Waals surface area contributed by atoms with Crippen LogP contribution in [-0.2, 0) is 10.0 Å². The smallest absolute Gasteiger partial charge is 0.276 e. The van der Waals surface area contributed by atoms with Crippen LogP contribution in [0.3, 0.4) is 0 Å². The summed E-state index contributed by atoms with van der Waals surface area (Å²) in [5.74, 6) is 0.0273. The topological polar surface area (TPSA) is 95.5 Å². The Morgan fingerprint density at radius 3 is 2.27 bits per heavy atom. The molecule has 0 radical (unpaired) electrons. The molecule has 4 rings (SSSR count). The van der Waals surface area contributed by atoms with Crippen LogP contribution >= 0.6 is 11.6 Å². The first-order chi connectivity index (χ1) is 14.4. The monoisotopic (exact) mass is 449 g/mol. The lowest BCUT2D eigenvalue weighted by atomic mass is 10.2. The van der Waals surface area contributed by atoms with Crippen molar-refractivity contribution in [2.45, 2.75) is 37.0 Å². The van der Waals surface area contributed by atoms with E-state index in [9.17, 15) is 13.2 Å². The Hall–Kier alpha value is -2.23. The van der Waals surface area contributed by atoms with Crippen molar-refractivity contribution in [3.63, 3.8) is 0 Å². The summed E-state index contributed by atoms with van der Waals surface area (Å²) >= 11 is 6.15. The van der Waals surface area contributed by atoms with Gasteiger partial charge in [-0.2, -0.15) is 4.31 Å². The lowest BCUT2D eigenvalue weighted by Crippen LogP contribution is -2.35. The van der Waals surface area contributed by atoms with Gasteiger partial charge in [-0.15, -0.1) is 0 Å². The molecule has 0 atom stereocenters. The molecular formula is C20H24ClN5O3S. The van der Waals surface area contributed by atoms with E-state index in [4.69, 9.17) is 11.6 Å². The van der Waals surface area contributed by atoms with Crippen LogP contribution in [0.15, 0.2) is 35.4 Å². The molecule has 0 unspecified atom stereocenters. The SMILES string of the molecule is O=C(Nc1ccc(S(=O)(=O)N2CCCCC2)cc1)c1nc(N2CCCC2)ncc1Cl. The van der Waals surface area contributed by atoms with Gasteiger partial charge in [0, 0.05) is 31.9 Å². The second kappa shape index (κ2) is 8.87. The first-order valence-electron chi connectivity index (χ1n) is 10.1. The molecule has 2 fully saturated rings. The minimum Gasteiger partial charge on any atom is -0.341 e. The maximum atomic E-state index is 12.7. The Kier molecular flexibility index (Phi) is 6.21. The second-order valence-electron chi connectivity index (χ2n) is 7.50. The van der Waals surface area contributed by atoms with Gasteiger partial charge in [0.25, 0.3) is 5.91 Å². The number of benzene rings is 1. The van der Waals surface area contributed by atoms with Crippen LogP contribution in [0, 0.1) is 0 Å². The van der Waals surface area contributed by atoms with Gasteiger partial charge >= 0.3 is 0 Å². The van der Waals surface area contributed by atoms with Gasteiger partial charge in [-0.25, -0.2) is 18.4 Å². The van der Waals surface area contributed by atoms with Crippen LogP contribution in [0.2, 0.25) is 5.02 Å². The molecular weight excluding hydrogens is 426 g/mol. The highest BCUT2D eigenvalue weighted by Crippen LogP contribution is 2.24. The number of anilines is 2. The number of halogens is 1. The molecule has 30 heavy (non-hydrogen) atoms. The van der Waals surface area contributed by atoms with Crippen LogP contribution in [0.5, 0.6) is 0 Å². The molecule has 2 aromatic rings. The standard InChI is InChI=1S/C20H24ClN5O3S/c21-17-14-22-20(25-10-4-5-11-25)24-18(17)19(27)23-15-6-8-16(9-7-15)30(28,29)26-12-2-1-3-13-26/h6-9,14H,1-5,10-13H2,(H,23,27). The Balaban J connectivity index is 1.48. The largest absolute Gasteiger partial charge is 0.341 e. The third-order valence-corrected chi connectivity index (χ3v) is 7.59. The molecule has 3 heterocycles. The van der Waals surface area contributed by atoms with E-state index in [0.29, 0.717) is 24.7 Å². The Bertz CT molecular complexity index is 1020. The van der Waals surface area contributed by atoms with Gasteiger partial charge in [-0.1, -0.05) is 18.0 Å². The maximum absolute atomic E-state index is 12.7. The quantitative estimate of drug-likeness (QED) is 0.753. The molecule has 160 valence electrons.